The van der Waals surface area contributed by atoms with Crippen molar-refractivity contribution in [2.24, 2.45) is 30.0 Å². The van der Waals surface area contributed by atoms with E-state index in [1.807, 2.05) is 156 Å². The van der Waals surface area contributed by atoms with E-state index >= 15 is 0 Å². The first-order chi connectivity index (χ1) is 34.0. The van der Waals surface area contributed by atoms with Crippen LogP contribution in [0.4, 0.5) is 21.2 Å². The van der Waals surface area contributed by atoms with Crippen molar-refractivity contribution in [3.63, 3.8) is 0 Å². The Kier molecular flexibility index (Phi) is 11.1. The molecule has 10 rings (SSSR count). The van der Waals surface area contributed by atoms with Crippen LogP contribution >= 0.6 is 0 Å². The summed E-state index contributed by atoms with van der Waals surface area (Å²) >= 11 is 0. The fourth-order valence-electron chi connectivity index (χ4n) is 8.84. The lowest BCUT2D eigenvalue weighted by Crippen LogP contribution is -2.66. The number of carbonyl (C=O) groups excluding carboxylic acids is 2. The summed E-state index contributed by atoms with van der Waals surface area (Å²) in [6.07, 6.45) is -1.68. The maximum Gasteiger partial charge on any atom is 0.744 e. The molecule has 4 aromatic carbocycles. The minimum absolute atomic E-state index is 0.181. The first-order valence-corrected chi connectivity index (χ1v) is 25.8. The summed E-state index contributed by atoms with van der Waals surface area (Å²) in [6.45, 7) is 23.6. The average Bonchev–Trinajstić information content (AvgIpc) is 3.96. The second-order valence-electron chi connectivity index (χ2n) is 22.7. The van der Waals surface area contributed by atoms with E-state index in [0.717, 1.165) is 0 Å². The molecular weight excluding hydrogens is 945 g/mol. The molecule has 0 unspecified atom stereocenters. The Morgan fingerprint density at radius 1 is 0.411 bits per heavy atom. The molecule has 378 valence electrons. The van der Waals surface area contributed by atoms with Crippen LogP contribution in [0.25, 0.3) is 21.5 Å². The number of nitrogens with zero attached hydrogens (tertiary/aromatic N) is 10. The smallest absolute Gasteiger partial charge is 0.488 e. The van der Waals surface area contributed by atoms with Gasteiger partial charge in [-0.3, -0.25) is 8.47 Å². The van der Waals surface area contributed by atoms with E-state index in [0.29, 0.717) is 66.8 Å². The van der Waals surface area contributed by atoms with Gasteiger partial charge in [-0.25, -0.2) is 39.5 Å². The standard InChI is InChI=1S/C54H60N10O8Si/c1-51(2,3)67-29-17-21-33-37(25-29)43-55-41(33)57-47-40-28-32(70-54(10,11)12)20-24-36(40)46-60-44-38-26-30(68-52(4,5)6)18-22-34(38)42(56-44)58-48-39-27-31(69-53(7,8)9)19-23-35(39)45(59-43)63(48)73(64(46)47,71-49(65)61(13)14)72-50(66)62(15)16/h17-28H,1-16H3. The highest BCUT2D eigenvalue weighted by molar-refractivity contribution is 6.69. The number of amides is 2. The van der Waals surface area contributed by atoms with Gasteiger partial charge in [-0.05, 0) is 156 Å². The lowest BCUT2D eigenvalue weighted by atomic mass is 10.1. The van der Waals surface area contributed by atoms with Crippen LogP contribution in [0.15, 0.2) is 103 Å². The van der Waals surface area contributed by atoms with Gasteiger partial charge in [0.1, 0.15) is 68.0 Å². The minimum Gasteiger partial charge on any atom is -0.488 e. The lowest BCUT2D eigenvalue weighted by Gasteiger charge is -2.33. The summed E-state index contributed by atoms with van der Waals surface area (Å²) in [7, 11) is 0.941. The van der Waals surface area contributed by atoms with E-state index in [1.165, 1.54) is 9.80 Å². The summed E-state index contributed by atoms with van der Waals surface area (Å²) in [4.78, 5) is 64.5. The van der Waals surface area contributed by atoms with Gasteiger partial charge in [0.2, 0.25) is 0 Å². The number of amidine groups is 4. The molecule has 0 radical (unpaired) electrons. The van der Waals surface area contributed by atoms with Gasteiger partial charge in [0.05, 0.1) is 0 Å². The number of aliphatic imine (C=N–C) groups is 4. The maximum atomic E-state index is 14.9. The summed E-state index contributed by atoms with van der Waals surface area (Å²) in [5, 5.41) is 2.08. The molecule has 0 N–H and O–H groups in total. The number of ether oxygens (including phenoxy) is 4. The van der Waals surface area contributed by atoms with Crippen LogP contribution in [-0.4, -0.2) is 113 Å². The van der Waals surface area contributed by atoms with Gasteiger partial charge < -0.3 is 37.6 Å². The molecular formula is C54H60N10O8Si. The summed E-state index contributed by atoms with van der Waals surface area (Å²) in [6, 6.07) is 22.5. The van der Waals surface area contributed by atoms with Crippen molar-refractivity contribution >= 4 is 77.6 Å². The Morgan fingerprint density at radius 2 is 0.767 bits per heavy atom. The minimum atomic E-state index is -5.27. The van der Waals surface area contributed by atoms with Crippen LogP contribution in [0.3, 0.4) is 0 Å². The van der Waals surface area contributed by atoms with E-state index in [9.17, 15) is 9.59 Å². The molecule has 0 saturated heterocycles. The molecule has 0 aliphatic carbocycles. The summed E-state index contributed by atoms with van der Waals surface area (Å²) in [5.74, 6) is 3.64. The number of rotatable bonds is 6. The fourth-order valence-corrected chi connectivity index (χ4v) is 12.0. The van der Waals surface area contributed by atoms with Crippen molar-refractivity contribution in [1.29, 1.82) is 0 Å². The van der Waals surface area contributed by atoms with Gasteiger partial charge in [-0.2, -0.15) is 0 Å². The molecule has 6 aromatic rings. The molecule has 0 atom stereocenters. The normalized spacial score (nSPS) is 15.3. The SMILES string of the molecule is CN(C)C(=O)O[Si]1(OC(=O)N(C)C)n2c3c4cc(OC(C)(C)C)ccc4c2N=C2N=C(N=c4c5cc(OC(C)(C)C)ccc5c(n41)=NC1=NC(=N3)c3ccc(OC(C)(C)C)cc31)c1ccc(OC(C)(C)C)cc12. The predicted molar refractivity (Wildman–Crippen MR) is 283 cm³/mol. The molecule has 73 heavy (non-hydrogen) atoms. The maximum absolute atomic E-state index is 14.9. The lowest BCUT2D eigenvalue weighted by molar-refractivity contribution is 0.124. The molecule has 0 fully saturated rings. The average molecular weight is 1010 g/mol. The van der Waals surface area contributed by atoms with E-state index in [2.05, 4.69) is 0 Å². The molecule has 2 amide bonds. The number of carbonyl (C=O) groups is 2. The zero-order valence-electron chi connectivity index (χ0n) is 44.2. The van der Waals surface area contributed by atoms with Crippen LogP contribution in [0.1, 0.15) is 105 Å². The number of hydrogen-bond acceptors (Lipinski definition) is 14. The van der Waals surface area contributed by atoms with Crippen molar-refractivity contribution < 1.29 is 37.4 Å². The van der Waals surface area contributed by atoms with Crippen LogP contribution in [0, 0.1) is 0 Å². The second kappa shape index (κ2) is 16.6. The highest BCUT2D eigenvalue weighted by Crippen LogP contribution is 2.46. The van der Waals surface area contributed by atoms with Gasteiger partial charge in [0, 0.05) is 72.0 Å². The Hall–Kier alpha value is -7.80. The second-order valence-corrected chi connectivity index (χ2v) is 25.1. The molecule has 0 spiro atoms. The van der Waals surface area contributed by atoms with Crippen molar-refractivity contribution in [3.8, 4) is 23.0 Å². The van der Waals surface area contributed by atoms with Crippen molar-refractivity contribution in [2.45, 2.75) is 105 Å². The third kappa shape index (κ3) is 8.99. The van der Waals surface area contributed by atoms with Crippen molar-refractivity contribution in [3.05, 3.63) is 106 Å². The Bertz CT molecular complexity index is 3610. The largest absolute Gasteiger partial charge is 0.744 e. The topological polar surface area (TPSA) is 180 Å². The van der Waals surface area contributed by atoms with Gasteiger partial charge >= 0.3 is 21.1 Å². The summed E-state index contributed by atoms with van der Waals surface area (Å²) in [5.41, 5.74) is 0.603. The van der Waals surface area contributed by atoms with E-state index in [1.54, 1.807) is 36.7 Å². The number of benzene rings is 4. The molecule has 4 aliphatic rings. The fraction of sp³-hybridized carbons (Fsp3) is 0.370. The highest BCUT2D eigenvalue weighted by atomic mass is 28.4. The van der Waals surface area contributed by atoms with Gasteiger partial charge in [-0.1, -0.05) is 0 Å². The monoisotopic (exact) mass is 1000 g/mol. The molecule has 18 nitrogen and oxygen atoms in total. The number of aromatic nitrogens is 2. The Morgan fingerprint density at radius 3 is 1.22 bits per heavy atom. The van der Waals surface area contributed by atoms with E-state index in [-0.39, 0.29) is 46.0 Å². The number of hydrogen-bond donors (Lipinski definition) is 0. The van der Waals surface area contributed by atoms with Crippen LogP contribution in [0.2, 0.25) is 0 Å². The van der Waals surface area contributed by atoms with E-state index < -0.39 is 43.5 Å². The first kappa shape index (κ1) is 48.8. The predicted octanol–water partition coefficient (Wildman–Crippen LogP) is 9.48. The zero-order valence-corrected chi connectivity index (χ0v) is 45.2. The van der Waals surface area contributed by atoms with Crippen LogP contribution in [0.5, 0.6) is 23.0 Å². The molecule has 0 saturated carbocycles. The molecule has 6 bridgehead atoms. The third-order valence-electron chi connectivity index (χ3n) is 11.4. The molecule has 2 aromatic heterocycles. The number of fused-ring (bicyclic) bond motifs is 14. The van der Waals surface area contributed by atoms with Gasteiger partial charge in [-0.15, -0.1) is 0 Å². The zero-order chi connectivity index (χ0) is 52.5. The van der Waals surface area contributed by atoms with Crippen LogP contribution < -0.4 is 29.9 Å². The van der Waals surface area contributed by atoms with E-state index in [4.69, 9.17) is 57.8 Å². The van der Waals surface area contributed by atoms with Gasteiger partial charge in [0.25, 0.3) is 0 Å². The molecule has 4 aliphatic heterocycles. The quantitative estimate of drug-likeness (QED) is 0.148. The highest BCUT2D eigenvalue weighted by Gasteiger charge is 2.60. The third-order valence-corrected chi connectivity index (χ3v) is 14.3. The van der Waals surface area contributed by atoms with Gasteiger partial charge in [0.15, 0.2) is 23.3 Å². The van der Waals surface area contributed by atoms with Crippen LogP contribution in [-0.2, 0) is 8.85 Å². The Balaban J connectivity index is 1.49. The van der Waals surface area contributed by atoms with Crippen molar-refractivity contribution in [2.75, 3.05) is 28.2 Å². The Labute approximate surface area is 424 Å². The molecule has 19 heteroatoms. The molecule has 6 heterocycles. The van der Waals surface area contributed by atoms with Crippen molar-refractivity contribution in [1.82, 2.24) is 18.3 Å². The first-order valence-electron chi connectivity index (χ1n) is 24.1. The summed E-state index contributed by atoms with van der Waals surface area (Å²) < 4.78 is 43.2.